The van der Waals surface area contributed by atoms with E-state index in [1.54, 1.807) is 25.1 Å². The number of ether oxygens (including phenoxy) is 3. The zero-order chi connectivity index (χ0) is 14.5. The summed E-state index contributed by atoms with van der Waals surface area (Å²) in [4.78, 5) is 23.2. The van der Waals surface area contributed by atoms with E-state index in [1.807, 2.05) is 0 Å². The third-order valence-electron chi connectivity index (χ3n) is 2.53. The molecule has 0 aromatic heterocycles. The zero-order valence-corrected chi connectivity index (χ0v) is 11.1. The van der Waals surface area contributed by atoms with Crippen LogP contribution < -0.4 is 14.9 Å². The molecule has 1 N–H and O–H groups in total. The Labute approximate surface area is 115 Å². The number of benzene rings is 1. The fourth-order valence-corrected chi connectivity index (χ4v) is 1.52. The average molecular weight is 278 g/mol. The van der Waals surface area contributed by atoms with E-state index in [9.17, 15) is 9.59 Å². The molecule has 1 aromatic carbocycles. The van der Waals surface area contributed by atoms with Crippen LogP contribution in [0.4, 0.5) is 0 Å². The number of hydrogen-bond donors (Lipinski definition) is 1. The van der Waals surface area contributed by atoms with Crippen LogP contribution in [0.2, 0.25) is 0 Å². The number of fused-ring (bicyclic) bond motifs is 1. The van der Waals surface area contributed by atoms with Crippen molar-refractivity contribution in [1.29, 1.82) is 0 Å². The molecule has 0 spiro atoms. The first-order valence-electron chi connectivity index (χ1n) is 6.03. The van der Waals surface area contributed by atoms with E-state index in [-0.39, 0.29) is 19.1 Å². The third kappa shape index (κ3) is 3.05. The van der Waals surface area contributed by atoms with E-state index in [2.05, 4.69) is 10.5 Å². The Morgan fingerprint density at radius 3 is 2.85 bits per heavy atom. The summed E-state index contributed by atoms with van der Waals surface area (Å²) in [6.45, 7) is 3.54. The summed E-state index contributed by atoms with van der Waals surface area (Å²) in [5.41, 5.74) is 2.71. The fraction of sp³-hybridized carbons (Fsp3) is 0.308. The van der Waals surface area contributed by atoms with E-state index in [0.29, 0.717) is 17.1 Å². The van der Waals surface area contributed by atoms with Crippen LogP contribution in [0.1, 0.15) is 24.2 Å². The van der Waals surface area contributed by atoms with Crippen LogP contribution in [0, 0.1) is 0 Å². The van der Waals surface area contributed by atoms with Gasteiger partial charge in [0, 0.05) is 5.56 Å². The summed E-state index contributed by atoms with van der Waals surface area (Å²) in [5, 5.41) is 3.68. The second-order valence-corrected chi connectivity index (χ2v) is 3.93. The minimum atomic E-state index is -0.571. The van der Waals surface area contributed by atoms with Crippen molar-refractivity contribution in [2.24, 2.45) is 5.10 Å². The van der Waals surface area contributed by atoms with Gasteiger partial charge >= 0.3 is 5.97 Å². The van der Waals surface area contributed by atoms with Gasteiger partial charge in [-0.15, -0.1) is 0 Å². The van der Waals surface area contributed by atoms with Crippen LogP contribution in [-0.4, -0.2) is 31.0 Å². The van der Waals surface area contributed by atoms with Crippen LogP contribution in [0.25, 0.3) is 0 Å². The molecule has 0 radical (unpaired) electrons. The van der Waals surface area contributed by atoms with Crippen molar-refractivity contribution in [1.82, 2.24) is 5.43 Å². The average Bonchev–Trinajstić information content (AvgIpc) is 2.91. The SMILES string of the molecule is CCOC(=O)/C(C)=N/NC(=O)c1ccc2c(c1)OCO2. The number of carbonyl (C=O) groups is 2. The lowest BCUT2D eigenvalue weighted by Gasteiger charge is -2.03. The first kappa shape index (κ1) is 13.9. The van der Waals surface area contributed by atoms with Crippen LogP contribution in [0.15, 0.2) is 23.3 Å². The summed E-state index contributed by atoms with van der Waals surface area (Å²) in [6.07, 6.45) is 0. The van der Waals surface area contributed by atoms with Crippen molar-refractivity contribution in [3.63, 3.8) is 0 Å². The molecule has 106 valence electrons. The van der Waals surface area contributed by atoms with Gasteiger partial charge in [-0.3, -0.25) is 4.79 Å². The quantitative estimate of drug-likeness (QED) is 0.506. The molecule has 1 aliphatic heterocycles. The highest BCUT2D eigenvalue weighted by Crippen LogP contribution is 2.32. The van der Waals surface area contributed by atoms with Gasteiger partial charge in [0.15, 0.2) is 11.5 Å². The molecule has 0 fully saturated rings. The number of nitrogens with one attached hydrogen (secondary N) is 1. The molecule has 1 aromatic rings. The third-order valence-corrected chi connectivity index (χ3v) is 2.53. The molecule has 7 heteroatoms. The van der Waals surface area contributed by atoms with E-state index >= 15 is 0 Å². The number of nitrogens with zero attached hydrogens (tertiary/aromatic N) is 1. The van der Waals surface area contributed by atoms with Crippen molar-refractivity contribution >= 4 is 17.6 Å². The van der Waals surface area contributed by atoms with Crippen LogP contribution >= 0.6 is 0 Å². The molecule has 1 heterocycles. The Morgan fingerprint density at radius 2 is 2.10 bits per heavy atom. The second-order valence-electron chi connectivity index (χ2n) is 3.93. The van der Waals surface area contributed by atoms with Gasteiger partial charge in [0.1, 0.15) is 5.71 Å². The predicted octanol–water partition coefficient (Wildman–Crippen LogP) is 1.08. The summed E-state index contributed by atoms with van der Waals surface area (Å²) < 4.78 is 15.1. The maximum absolute atomic E-state index is 11.9. The van der Waals surface area contributed by atoms with E-state index < -0.39 is 11.9 Å². The molecule has 0 bridgehead atoms. The lowest BCUT2D eigenvalue weighted by Crippen LogP contribution is -2.23. The topological polar surface area (TPSA) is 86.2 Å². The standard InChI is InChI=1S/C13H14N2O5/c1-3-18-13(17)8(2)14-15-12(16)9-4-5-10-11(6-9)20-7-19-10/h4-6H,3,7H2,1-2H3,(H,15,16)/b14-8+. The number of hydrazone groups is 1. The maximum Gasteiger partial charge on any atom is 0.354 e. The molecular weight excluding hydrogens is 264 g/mol. The van der Waals surface area contributed by atoms with Crippen LogP contribution in [-0.2, 0) is 9.53 Å². The minimum absolute atomic E-state index is 0.0703. The molecule has 0 atom stereocenters. The van der Waals surface area contributed by atoms with Crippen molar-refractivity contribution < 1.29 is 23.8 Å². The van der Waals surface area contributed by atoms with Gasteiger partial charge in [-0.1, -0.05) is 0 Å². The summed E-state index contributed by atoms with van der Waals surface area (Å²) in [6, 6.07) is 4.77. The van der Waals surface area contributed by atoms with Gasteiger partial charge in [-0.05, 0) is 32.0 Å². The van der Waals surface area contributed by atoms with Gasteiger partial charge in [0.25, 0.3) is 5.91 Å². The summed E-state index contributed by atoms with van der Waals surface area (Å²) >= 11 is 0. The van der Waals surface area contributed by atoms with Crippen LogP contribution in [0.5, 0.6) is 11.5 Å². The van der Waals surface area contributed by atoms with Gasteiger partial charge in [-0.25, -0.2) is 10.2 Å². The van der Waals surface area contributed by atoms with Gasteiger partial charge in [-0.2, -0.15) is 5.10 Å². The highest BCUT2D eigenvalue weighted by molar-refractivity contribution is 6.35. The molecule has 2 rings (SSSR count). The first-order valence-corrected chi connectivity index (χ1v) is 6.03. The molecule has 0 saturated heterocycles. The van der Waals surface area contributed by atoms with Crippen molar-refractivity contribution in [2.75, 3.05) is 13.4 Å². The Hall–Kier alpha value is -2.57. The number of amides is 1. The fourth-order valence-electron chi connectivity index (χ4n) is 1.52. The molecule has 7 nitrogen and oxygen atoms in total. The molecule has 0 unspecified atom stereocenters. The lowest BCUT2D eigenvalue weighted by atomic mass is 10.2. The molecule has 0 aliphatic carbocycles. The molecule has 0 saturated carbocycles. The van der Waals surface area contributed by atoms with Gasteiger partial charge in [0.2, 0.25) is 6.79 Å². The zero-order valence-electron chi connectivity index (χ0n) is 11.1. The normalized spacial score (nSPS) is 13.0. The number of hydrogen-bond acceptors (Lipinski definition) is 6. The summed E-state index contributed by atoms with van der Waals surface area (Å²) in [5.74, 6) is 0.0712. The minimum Gasteiger partial charge on any atom is -0.461 e. The largest absolute Gasteiger partial charge is 0.461 e. The lowest BCUT2D eigenvalue weighted by molar-refractivity contribution is -0.135. The molecule has 1 aliphatic rings. The maximum atomic E-state index is 11.9. The van der Waals surface area contributed by atoms with Gasteiger partial charge in [0.05, 0.1) is 6.61 Å². The Morgan fingerprint density at radius 1 is 1.35 bits per heavy atom. The van der Waals surface area contributed by atoms with Crippen molar-refractivity contribution in [3.05, 3.63) is 23.8 Å². The Balaban J connectivity index is 2.02. The monoisotopic (exact) mass is 278 g/mol. The predicted molar refractivity (Wildman–Crippen MR) is 69.8 cm³/mol. The number of carbonyl (C=O) groups excluding carboxylic acids is 2. The first-order chi connectivity index (χ1) is 9.61. The Bertz CT molecular complexity index is 568. The summed E-state index contributed by atoms with van der Waals surface area (Å²) in [7, 11) is 0. The van der Waals surface area contributed by atoms with Crippen molar-refractivity contribution in [2.45, 2.75) is 13.8 Å². The second kappa shape index (κ2) is 6.05. The Kier molecular flexibility index (Phi) is 4.19. The molecule has 20 heavy (non-hydrogen) atoms. The molecular formula is C13H14N2O5. The smallest absolute Gasteiger partial charge is 0.354 e. The van der Waals surface area contributed by atoms with E-state index in [1.165, 1.54) is 6.92 Å². The number of rotatable bonds is 4. The van der Waals surface area contributed by atoms with Crippen molar-refractivity contribution in [3.8, 4) is 11.5 Å². The highest BCUT2D eigenvalue weighted by Gasteiger charge is 2.16. The number of esters is 1. The highest BCUT2D eigenvalue weighted by atomic mass is 16.7. The van der Waals surface area contributed by atoms with Crippen LogP contribution in [0.3, 0.4) is 0 Å². The molecule has 1 amide bonds. The van der Waals surface area contributed by atoms with E-state index in [0.717, 1.165) is 0 Å². The van der Waals surface area contributed by atoms with Gasteiger partial charge < -0.3 is 14.2 Å². The van der Waals surface area contributed by atoms with E-state index in [4.69, 9.17) is 14.2 Å².